The summed E-state index contributed by atoms with van der Waals surface area (Å²) in [6.45, 7) is 1.85. The van der Waals surface area contributed by atoms with E-state index in [2.05, 4.69) is 41.4 Å². The molecule has 6 nitrogen and oxygen atoms in total. The van der Waals surface area contributed by atoms with Crippen molar-refractivity contribution in [3.63, 3.8) is 0 Å². The number of rotatable bonds is 3. The first-order valence-corrected chi connectivity index (χ1v) is 8.48. The molecule has 4 aromatic rings. The molecule has 3 N–H and O–H groups in total. The number of fused-ring (bicyclic) bond motifs is 1. The van der Waals surface area contributed by atoms with Crippen LogP contribution in [-0.4, -0.2) is 26.1 Å². The number of anilines is 1. The lowest BCUT2D eigenvalue weighted by molar-refractivity contribution is 0.102. The molecule has 0 saturated carbocycles. The Kier molecular flexibility index (Phi) is 3.85. The topological polar surface area (TPSA) is 86.5 Å². The maximum absolute atomic E-state index is 12.6. The molecule has 2 aromatic heterocycles. The zero-order valence-corrected chi connectivity index (χ0v) is 14.9. The fourth-order valence-corrected chi connectivity index (χ4v) is 3.26. The van der Waals surface area contributed by atoms with E-state index in [9.17, 15) is 4.79 Å². The van der Waals surface area contributed by atoms with Gasteiger partial charge in [-0.3, -0.25) is 9.89 Å². The van der Waals surface area contributed by atoms with Crippen molar-refractivity contribution in [2.24, 2.45) is 0 Å². The summed E-state index contributed by atoms with van der Waals surface area (Å²) in [7, 11) is 0. The number of carbonyl (C=O) groups is 1. The van der Waals surface area contributed by atoms with Gasteiger partial charge in [0.05, 0.1) is 4.47 Å². The Balaban J connectivity index is 1.57. The number of aromatic nitrogens is 4. The predicted molar refractivity (Wildman–Crippen MR) is 101 cm³/mol. The number of nitrogens with zero attached hydrogens (tertiary/aromatic N) is 2. The third-order valence-corrected chi connectivity index (χ3v) is 4.69. The minimum absolute atomic E-state index is 0.204. The molecule has 4 rings (SSSR count). The van der Waals surface area contributed by atoms with E-state index in [0.717, 1.165) is 26.8 Å². The number of amides is 1. The second-order valence-electron chi connectivity index (χ2n) is 5.64. The Bertz CT molecular complexity index is 1060. The Morgan fingerprint density at radius 3 is 2.56 bits per heavy atom. The minimum Gasteiger partial charge on any atom is -0.350 e. The first-order chi connectivity index (χ1) is 12.1. The fourth-order valence-electron chi connectivity index (χ4n) is 2.63. The third kappa shape index (κ3) is 2.94. The zero-order chi connectivity index (χ0) is 17.4. The van der Waals surface area contributed by atoms with Crippen molar-refractivity contribution >= 4 is 38.4 Å². The summed E-state index contributed by atoms with van der Waals surface area (Å²) in [6, 6.07) is 15.2. The second kappa shape index (κ2) is 6.18. The van der Waals surface area contributed by atoms with Crippen molar-refractivity contribution in [3.05, 3.63) is 64.5 Å². The lowest BCUT2D eigenvalue weighted by atomic mass is 10.2. The van der Waals surface area contributed by atoms with Gasteiger partial charge in [0.15, 0.2) is 5.82 Å². The highest BCUT2D eigenvalue weighted by molar-refractivity contribution is 9.10. The summed E-state index contributed by atoms with van der Waals surface area (Å²) in [5.41, 5.74) is 2.99. The quantitative estimate of drug-likeness (QED) is 0.483. The Morgan fingerprint density at radius 1 is 1.12 bits per heavy atom. The van der Waals surface area contributed by atoms with Crippen molar-refractivity contribution < 1.29 is 4.79 Å². The van der Waals surface area contributed by atoms with Gasteiger partial charge in [-0.1, -0.05) is 18.2 Å². The lowest BCUT2D eigenvalue weighted by Crippen LogP contribution is -2.12. The average Bonchev–Trinajstić information content (AvgIpc) is 3.20. The standard InChI is InChI=1S/C18H14BrN5O/c1-10-20-17(24-23-10)11-6-8-12(9-7-11)21-18(25)16-15(19)13-4-2-3-5-14(13)22-16/h2-9,22H,1H3,(H,21,25)(H,20,23,24). The van der Waals surface area contributed by atoms with Crippen molar-refractivity contribution in [2.45, 2.75) is 6.92 Å². The maximum atomic E-state index is 12.6. The van der Waals surface area contributed by atoms with Crippen LogP contribution in [-0.2, 0) is 0 Å². The van der Waals surface area contributed by atoms with Crippen LogP contribution in [0.1, 0.15) is 16.3 Å². The van der Waals surface area contributed by atoms with Crippen LogP contribution in [0.5, 0.6) is 0 Å². The van der Waals surface area contributed by atoms with Crippen LogP contribution >= 0.6 is 15.9 Å². The van der Waals surface area contributed by atoms with Crippen molar-refractivity contribution in [3.8, 4) is 11.4 Å². The largest absolute Gasteiger partial charge is 0.350 e. The Labute approximate surface area is 151 Å². The van der Waals surface area contributed by atoms with Gasteiger partial charge in [-0.2, -0.15) is 5.10 Å². The number of para-hydroxylation sites is 1. The van der Waals surface area contributed by atoms with E-state index in [-0.39, 0.29) is 5.91 Å². The summed E-state index contributed by atoms with van der Waals surface area (Å²) < 4.78 is 0.758. The molecule has 0 atom stereocenters. The highest BCUT2D eigenvalue weighted by atomic mass is 79.9. The monoisotopic (exact) mass is 395 g/mol. The molecule has 25 heavy (non-hydrogen) atoms. The zero-order valence-electron chi connectivity index (χ0n) is 13.3. The Hall–Kier alpha value is -2.93. The van der Waals surface area contributed by atoms with Crippen LogP contribution in [0.25, 0.3) is 22.3 Å². The minimum atomic E-state index is -0.204. The third-order valence-electron chi connectivity index (χ3n) is 3.87. The molecule has 0 aliphatic rings. The molecule has 0 fully saturated rings. The van der Waals surface area contributed by atoms with Gasteiger partial charge in [-0.05, 0) is 53.2 Å². The van der Waals surface area contributed by atoms with Gasteiger partial charge in [0, 0.05) is 22.2 Å². The van der Waals surface area contributed by atoms with Crippen LogP contribution in [0.2, 0.25) is 0 Å². The van der Waals surface area contributed by atoms with E-state index in [1.54, 1.807) is 0 Å². The molecule has 0 bridgehead atoms. The van der Waals surface area contributed by atoms with E-state index in [1.165, 1.54) is 0 Å². The van der Waals surface area contributed by atoms with E-state index in [0.29, 0.717) is 17.2 Å². The SMILES string of the molecule is Cc1nc(-c2ccc(NC(=O)c3[nH]c4ccccc4c3Br)cc2)n[nH]1. The van der Waals surface area contributed by atoms with Gasteiger partial charge in [0.2, 0.25) is 0 Å². The number of H-pyrrole nitrogens is 2. The highest BCUT2D eigenvalue weighted by Crippen LogP contribution is 2.28. The number of halogens is 1. The number of hydrogen-bond donors (Lipinski definition) is 3. The number of aryl methyl sites for hydroxylation is 1. The van der Waals surface area contributed by atoms with Crippen LogP contribution < -0.4 is 5.32 Å². The van der Waals surface area contributed by atoms with Crippen LogP contribution in [0.4, 0.5) is 5.69 Å². The molecule has 2 heterocycles. The normalized spacial score (nSPS) is 11.0. The van der Waals surface area contributed by atoms with Gasteiger partial charge in [0.25, 0.3) is 5.91 Å². The first kappa shape index (κ1) is 15.6. The number of hydrogen-bond acceptors (Lipinski definition) is 3. The van der Waals surface area contributed by atoms with Gasteiger partial charge >= 0.3 is 0 Å². The second-order valence-corrected chi connectivity index (χ2v) is 6.43. The molecular weight excluding hydrogens is 382 g/mol. The number of carbonyl (C=O) groups excluding carboxylic acids is 1. The molecule has 124 valence electrons. The summed E-state index contributed by atoms with van der Waals surface area (Å²) in [4.78, 5) is 20.0. The smallest absolute Gasteiger partial charge is 0.273 e. The molecule has 0 radical (unpaired) electrons. The molecule has 7 heteroatoms. The number of aromatic amines is 2. The van der Waals surface area contributed by atoms with Gasteiger partial charge in [-0.15, -0.1) is 0 Å². The lowest BCUT2D eigenvalue weighted by Gasteiger charge is -2.05. The predicted octanol–water partition coefficient (Wildman–Crippen LogP) is 4.28. The molecule has 2 aromatic carbocycles. The van der Waals surface area contributed by atoms with Gasteiger partial charge < -0.3 is 10.3 Å². The van der Waals surface area contributed by atoms with Gasteiger partial charge in [-0.25, -0.2) is 4.98 Å². The molecule has 1 amide bonds. The van der Waals surface area contributed by atoms with Crippen LogP contribution in [0, 0.1) is 6.92 Å². The number of nitrogens with one attached hydrogen (secondary N) is 3. The van der Waals surface area contributed by atoms with E-state index in [1.807, 2.05) is 55.5 Å². The molecule has 0 aliphatic heterocycles. The van der Waals surface area contributed by atoms with Crippen molar-refractivity contribution in [1.82, 2.24) is 20.2 Å². The summed E-state index contributed by atoms with van der Waals surface area (Å²) >= 11 is 3.50. The number of benzene rings is 2. The molecular formula is C18H14BrN5O. The first-order valence-electron chi connectivity index (χ1n) is 7.69. The maximum Gasteiger partial charge on any atom is 0.273 e. The molecule has 0 unspecified atom stereocenters. The highest BCUT2D eigenvalue weighted by Gasteiger charge is 2.16. The van der Waals surface area contributed by atoms with Crippen molar-refractivity contribution in [2.75, 3.05) is 5.32 Å². The van der Waals surface area contributed by atoms with Crippen LogP contribution in [0.15, 0.2) is 53.0 Å². The average molecular weight is 396 g/mol. The fraction of sp³-hybridized carbons (Fsp3) is 0.0556. The van der Waals surface area contributed by atoms with Gasteiger partial charge in [0.1, 0.15) is 11.5 Å². The van der Waals surface area contributed by atoms with Crippen LogP contribution in [0.3, 0.4) is 0 Å². The molecule has 0 saturated heterocycles. The van der Waals surface area contributed by atoms with E-state index >= 15 is 0 Å². The summed E-state index contributed by atoms with van der Waals surface area (Å²) in [6.07, 6.45) is 0. The molecule has 0 spiro atoms. The summed E-state index contributed by atoms with van der Waals surface area (Å²) in [5, 5.41) is 10.8. The van der Waals surface area contributed by atoms with E-state index in [4.69, 9.17) is 0 Å². The Morgan fingerprint density at radius 2 is 1.88 bits per heavy atom. The summed E-state index contributed by atoms with van der Waals surface area (Å²) in [5.74, 6) is 1.19. The van der Waals surface area contributed by atoms with E-state index < -0.39 is 0 Å². The molecule has 0 aliphatic carbocycles. The van der Waals surface area contributed by atoms with Crippen molar-refractivity contribution in [1.29, 1.82) is 0 Å².